The zero-order valence-electron chi connectivity index (χ0n) is 5.15. The molecule has 0 spiro atoms. The summed E-state index contributed by atoms with van der Waals surface area (Å²) in [4.78, 5) is 0. The minimum atomic E-state index is 0.785. The van der Waals surface area contributed by atoms with Gasteiger partial charge in [-0.05, 0) is 29.9 Å². The molecule has 0 saturated heterocycles. The third-order valence-electron chi connectivity index (χ3n) is 2.09. The van der Waals surface area contributed by atoms with E-state index in [1.54, 1.807) is 11.1 Å². The summed E-state index contributed by atoms with van der Waals surface area (Å²) in [6, 6.07) is 0. The molecule has 0 radical (unpaired) electrons. The van der Waals surface area contributed by atoms with Crippen LogP contribution in [-0.4, -0.2) is 0 Å². The highest BCUT2D eigenvalue weighted by Crippen LogP contribution is 2.40. The van der Waals surface area contributed by atoms with Crippen molar-refractivity contribution in [1.29, 1.82) is 0 Å². The lowest BCUT2D eigenvalue weighted by Gasteiger charge is -2.21. The van der Waals surface area contributed by atoms with Gasteiger partial charge < -0.3 is 0 Å². The van der Waals surface area contributed by atoms with Gasteiger partial charge >= 0.3 is 0 Å². The van der Waals surface area contributed by atoms with Crippen LogP contribution in [0.2, 0.25) is 0 Å². The Morgan fingerprint density at radius 3 is 3.00 bits per heavy atom. The summed E-state index contributed by atoms with van der Waals surface area (Å²) < 4.78 is 0. The first kappa shape index (κ1) is 4.37. The number of fused-ring (bicyclic) bond motifs is 1. The Morgan fingerprint density at radius 1 is 1.62 bits per heavy atom. The summed E-state index contributed by atoms with van der Waals surface area (Å²) in [5.74, 6) is 0.785. The Hall–Kier alpha value is -0.520. The molecule has 0 heteroatoms. The third-order valence-corrected chi connectivity index (χ3v) is 2.09. The molecule has 0 N–H and O–H groups in total. The molecule has 0 saturated carbocycles. The second-order valence-electron chi connectivity index (χ2n) is 2.68. The smallest absolute Gasteiger partial charge is 0.000506 e. The van der Waals surface area contributed by atoms with Crippen LogP contribution < -0.4 is 0 Å². The molecule has 2 rings (SSSR count). The van der Waals surface area contributed by atoms with Crippen molar-refractivity contribution in [3.8, 4) is 0 Å². The summed E-state index contributed by atoms with van der Waals surface area (Å²) in [6.45, 7) is 2.26. The van der Waals surface area contributed by atoms with Gasteiger partial charge in [-0.25, -0.2) is 0 Å². The Morgan fingerprint density at radius 2 is 2.50 bits per heavy atom. The van der Waals surface area contributed by atoms with Gasteiger partial charge in [0.15, 0.2) is 0 Å². The van der Waals surface area contributed by atoms with Crippen LogP contribution in [-0.2, 0) is 0 Å². The van der Waals surface area contributed by atoms with E-state index in [-0.39, 0.29) is 0 Å². The van der Waals surface area contributed by atoms with E-state index in [0.717, 1.165) is 5.92 Å². The zero-order valence-corrected chi connectivity index (χ0v) is 5.15. The first-order valence-corrected chi connectivity index (χ1v) is 3.29. The minimum absolute atomic E-state index is 0.785. The molecule has 0 aromatic rings. The van der Waals surface area contributed by atoms with Crippen molar-refractivity contribution in [2.24, 2.45) is 5.92 Å². The molecule has 0 nitrogen and oxygen atoms in total. The van der Waals surface area contributed by atoms with E-state index in [0.29, 0.717) is 0 Å². The summed E-state index contributed by atoms with van der Waals surface area (Å²) in [5, 5.41) is 0. The molecule has 1 unspecified atom stereocenters. The van der Waals surface area contributed by atoms with E-state index in [4.69, 9.17) is 0 Å². The van der Waals surface area contributed by atoms with Crippen LogP contribution in [0.5, 0.6) is 0 Å². The van der Waals surface area contributed by atoms with E-state index < -0.39 is 0 Å². The molecule has 2 aliphatic carbocycles. The standard InChI is InChI=1S/C8H10/c1-6-5-7-3-2-4-8(6)7/h4-6H,2-3H2,1H3. The van der Waals surface area contributed by atoms with Gasteiger partial charge in [-0.3, -0.25) is 0 Å². The molecule has 42 valence electrons. The van der Waals surface area contributed by atoms with Crippen LogP contribution in [0.4, 0.5) is 0 Å². The summed E-state index contributed by atoms with van der Waals surface area (Å²) >= 11 is 0. The van der Waals surface area contributed by atoms with Gasteiger partial charge in [-0.2, -0.15) is 0 Å². The van der Waals surface area contributed by atoms with E-state index in [9.17, 15) is 0 Å². The molecule has 0 fully saturated rings. The Kier molecular flexibility index (Phi) is 0.682. The summed E-state index contributed by atoms with van der Waals surface area (Å²) in [6.07, 6.45) is 7.37. The average Bonchev–Trinajstić information content (AvgIpc) is 2.09. The number of allylic oxidation sites excluding steroid dienone is 4. The van der Waals surface area contributed by atoms with E-state index in [1.165, 1.54) is 12.8 Å². The van der Waals surface area contributed by atoms with Crippen molar-refractivity contribution in [2.75, 3.05) is 0 Å². The fourth-order valence-electron chi connectivity index (χ4n) is 1.61. The Balaban J connectivity index is 2.39. The monoisotopic (exact) mass is 106 g/mol. The van der Waals surface area contributed by atoms with Crippen molar-refractivity contribution in [1.82, 2.24) is 0 Å². The maximum atomic E-state index is 2.38. The highest BCUT2D eigenvalue weighted by atomic mass is 14.3. The van der Waals surface area contributed by atoms with Crippen LogP contribution in [0.3, 0.4) is 0 Å². The second-order valence-corrected chi connectivity index (χ2v) is 2.68. The maximum absolute atomic E-state index is 2.38. The fourth-order valence-corrected chi connectivity index (χ4v) is 1.61. The fraction of sp³-hybridized carbons (Fsp3) is 0.500. The molecule has 0 aromatic carbocycles. The predicted octanol–water partition coefficient (Wildman–Crippen LogP) is 2.28. The highest BCUT2D eigenvalue weighted by molar-refractivity contribution is 5.48. The topological polar surface area (TPSA) is 0 Å². The van der Waals surface area contributed by atoms with Crippen LogP contribution in [0, 0.1) is 5.92 Å². The Labute approximate surface area is 49.9 Å². The molecule has 0 heterocycles. The minimum Gasteiger partial charge on any atom is -0.0801 e. The molecule has 0 bridgehead atoms. The Bertz CT molecular complexity index is 172. The maximum Gasteiger partial charge on any atom is -0.000506 e. The van der Waals surface area contributed by atoms with Gasteiger partial charge in [0.05, 0.1) is 0 Å². The third kappa shape index (κ3) is 0.360. The van der Waals surface area contributed by atoms with Crippen LogP contribution in [0.1, 0.15) is 19.8 Å². The van der Waals surface area contributed by atoms with Crippen molar-refractivity contribution in [2.45, 2.75) is 19.8 Å². The normalized spacial score (nSPS) is 32.9. The average molecular weight is 106 g/mol. The number of rotatable bonds is 0. The van der Waals surface area contributed by atoms with Crippen LogP contribution >= 0.6 is 0 Å². The van der Waals surface area contributed by atoms with Crippen molar-refractivity contribution in [3.05, 3.63) is 23.3 Å². The lowest BCUT2D eigenvalue weighted by atomic mass is 9.84. The number of hydrogen-bond acceptors (Lipinski definition) is 0. The first-order valence-electron chi connectivity index (χ1n) is 3.29. The summed E-state index contributed by atoms with van der Waals surface area (Å²) in [7, 11) is 0. The van der Waals surface area contributed by atoms with Gasteiger partial charge in [0.1, 0.15) is 0 Å². The van der Waals surface area contributed by atoms with E-state index >= 15 is 0 Å². The van der Waals surface area contributed by atoms with Crippen molar-refractivity contribution >= 4 is 0 Å². The van der Waals surface area contributed by atoms with Gasteiger partial charge in [0.2, 0.25) is 0 Å². The van der Waals surface area contributed by atoms with Crippen molar-refractivity contribution < 1.29 is 0 Å². The zero-order chi connectivity index (χ0) is 5.56. The highest BCUT2D eigenvalue weighted by Gasteiger charge is 2.23. The van der Waals surface area contributed by atoms with Gasteiger partial charge in [-0.1, -0.05) is 19.1 Å². The van der Waals surface area contributed by atoms with Gasteiger partial charge in [0.25, 0.3) is 0 Å². The molecule has 2 aliphatic rings. The lowest BCUT2D eigenvalue weighted by Crippen LogP contribution is -2.06. The predicted molar refractivity (Wildman–Crippen MR) is 34.6 cm³/mol. The quantitative estimate of drug-likeness (QED) is 0.444. The van der Waals surface area contributed by atoms with Crippen LogP contribution in [0.15, 0.2) is 23.3 Å². The first-order chi connectivity index (χ1) is 3.88. The molecule has 1 atom stereocenters. The van der Waals surface area contributed by atoms with Gasteiger partial charge in [0, 0.05) is 0 Å². The second kappa shape index (κ2) is 1.25. The van der Waals surface area contributed by atoms with Crippen LogP contribution in [0.25, 0.3) is 0 Å². The lowest BCUT2D eigenvalue weighted by molar-refractivity contribution is 0.795. The van der Waals surface area contributed by atoms with E-state index in [1.807, 2.05) is 0 Å². The molecule has 0 amide bonds. The molecule has 8 heavy (non-hydrogen) atoms. The number of hydrogen-bond donors (Lipinski definition) is 0. The molecular formula is C8H10. The van der Waals surface area contributed by atoms with Gasteiger partial charge in [-0.15, -0.1) is 0 Å². The molecular weight excluding hydrogens is 96.1 g/mol. The van der Waals surface area contributed by atoms with E-state index in [2.05, 4.69) is 19.1 Å². The largest absolute Gasteiger partial charge is 0.0801 e. The molecule has 0 aromatic heterocycles. The van der Waals surface area contributed by atoms with Crippen molar-refractivity contribution in [3.63, 3.8) is 0 Å². The molecule has 0 aliphatic heterocycles. The SMILES string of the molecule is CC1C=C2CCC=C21. The summed E-state index contributed by atoms with van der Waals surface area (Å²) in [5.41, 5.74) is 3.25.